The van der Waals surface area contributed by atoms with E-state index in [0.717, 1.165) is 75.1 Å². The Hall–Kier alpha value is -2.17. The van der Waals surface area contributed by atoms with E-state index in [9.17, 15) is 32.7 Å². The topological polar surface area (TPSA) is 186 Å². The molecule has 0 bridgehead atoms. The third-order valence-corrected chi connectivity index (χ3v) is 13.0. The summed E-state index contributed by atoms with van der Waals surface area (Å²) in [4.78, 5) is 61.0. The van der Waals surface area contributed by atoms with Gasteiger partial charge in [-0.05, 0) is 56.8 Å². The van der Waals surface area contributed by atoms with Crippen LogP contribution in [-0.4, -0.2) is 109 Å². The fourth-order valence-corrected chi connectivity index (χ4v) is 9.20. The van der Waals surface area contributed by atoms with E-state index >= 15 is 0 Å². The zero-order valence-electron chi connectivity index (χ0n) is 30.6. The number of hydrogen-bond acceptors (Lipinski definition) is 10. The predicted octanol–water partition coefficient (Wildman–Crippen LogP) is 2.07. The van der Waals surface area contributed by atoms with Crippen LogP contribution in [0.2, 0.25) is 0 Å². The molecule has 50 heavy (non-hydrogen) atoms. The summed E-state index contributed by atoms with van der Waals surface area (Å²) in [6.45, 7) is 4.46. The molecule has 4 rings (SSSR count). The van der Waals surface area contributed by atoms with Crippen LogP contribution in [0.3, 0.4) is 0 Å². The van der Waals surface area contributed by atoms with Gasteiger partial charge in [0.15, 0.2) is 6.35 Å². The minimum atomic E-state index is -3.81. The number of fused-ring (bicyclic) bond motifs is 1. The number of aliphatic hydroxyl groups excluding tert-OH is 1. The van der Waals surface area contributed by atoms with Crippen LogP contribution < -0.4 is 21.3 Å². The maximum atomic E-state index is 14.4. The molecular weight excluding hydrogens is 664 g/mol. The maximum absolute atomic E-state index is 14.4. The van der Waals surface area contributed by atoms with E-state index in [1.54, 1.807) is 4.90 Å². The number of ketones is 1. The molecule has 0 aromatic carbocycles. The second-order valence-electron chi connectivity index (χ2n) is 15.4. The number of nitrogens with zero attached hydrogens (tertiary/aromatic N) is 2. The quantitative estimate of drug-likeness (QED) is 0.113. The molecule has 286 valence electrons. The molecule has 1 unspecified atom stereocenters. The molecule has 2 aliphatic carbocycles. The monoisotopic (exact) mass is 726 g/mol. The number of carbonyl (C=O) groups excluding carboxylic acids is 4. The first kappa shape index (κ1) is 40.6. The summed E-state index contributed by atoms with van der Waals surface area (Å²) in [5.74, 6) is -2.12. The Morgan fingerprint density at radius 3 is 2.18 bits per heavy atom. The number of carbonyl (C=O) groups is 4. The lowest BCUT2D eigenvalue weighted by molar-refractivity contribution is -0.143. The fourth-order valence-electron chi connectivity index (χ4n) is 7.72. The van der Waals surface area contributed by atoms with Crippen molar-refractivity contribution in [1.82, 2.24) is 30.6 Å². The standard InChI is InChI=1S/C35H62N6O8S/c1-24(2)25-21-29-31(43)37-27(30(42)32(44)36-26-17-18-26)15-11-8-6-5-7-9-12-16-28(33(45)41(29)22-25)38-34(46)39-35(19-13-10-14-20-35)23-50(47,48)40(3)49-4/h24-29,34,38-39,46H,5-23H2,1-4H3,(H,36,44)(H,37,43)/t25-,27+,28+,29+,34?/m1/s1. The van der Waals surface area contributed by atoms with E-state index < -0.39 is 57.6 Å². The summed E-state index contributed by atoms with van der Waals surface area (Å²) in [5, 5.41) is 23.3. The summed E-state index contributed by atoms with van der Waals surface area (Å²) in [5.41, 5.74) is -0.927. The Labute approximate surface area is 298 Å². The van der Waals surface area contributed by atoms with Crippen LogP contribution in [0.1, 0.15) is 123 Å². The van der Waals surface area contributed by atoms with Crippen LogP contribution >= 0.6 is 0 Å². The van der Waals surface area contributed by atoms with Gasteiger partial charge in [0.1, 0.15) is 6.04 Å². The Morgan fingerprint density at radius 2 is 1.58 bits per heavy atom. The zero-order chi connectivity index (χ0) is 36.5. The molecule has 4 fully saturated rings. The lowest BCUT2D eigenvalue weighted by Gasteiger charge is -2.41. The highest BCUT2D eigenvalue weighted by Crippen LogP contribution is 2.32. The van der Waals surface area contributed by atoms with E-state index in [1.807, 2.05) is 0 Å². The van der Waals surface area contributed by atoms with Crippen molar-refractivity contribution in [2.24, 2.45) is 11.8 Å². The van der Waals surface area contributed by atoms with Crippen LogP contribution in [0.25, 0.3) is 0 Å². The van der Waals surface area contributed by atoms with Gasteiger partial charge in [-0.15, -0.1) is 0 Å². The van der Waals surface area contributed by atoms with Gasteiger partial charge in [-0.3, -0.25) is 34.6 Å². The van der Waals surface area contributed by atoms with E-state index in [1.165, 1.54) is 14.2 Å². The number of sulfonamides is 1. The summed E-state index contributed by atoms with van der Waals surface area (Å²) >= 11 is 0. The summed E-state index contributed by atoms with van der Waals surface area (Å²) in [6, 6.07) is -2.63. The molecule has 15 heteroatoms. The molecule has 2 aliphatic heterocycles. The fraction of sp³-hybridized carbons (Fsp3) is 0.886. The third kappa shape index (κ3) is 11.4. The molecule has 0 radical (unpaired) electrons. The zero-order valence-corrected chi connectivity index (χ0v) is 31.4. The van der Waals surface area contributed by atoms with Crippen LogP contribution in [0, 0.1) is 11.8 Å². The van der Waals surface area contributed by atoms with Crippen molar-refractivity contribution in [3.63, 3.8) is 0 Å². The Bertz CT molecular complexity index is 1270. The number of amides is 3. The van der Waals surface area contributed by atoms with Gasteiger partial charge >= 0.3 is 0 Å². The average molecular weight is 727 g/mol. The van der Waals surface area contributed by atoms with Crippen molar-refractivity contribution >= 4 is 33.5 Å². The van der Waals surface area contributed by atoms with Gasteiger partial charge in [-0.2, -0.15) is 0 Å². The van der Waals surface area contributed by atoms with Gasteiger partial charge in [0.2, 0.25) is 27.6 Å². The summed E-state index contributed by atoms with van der Waals surface area (Å²) in [7, 11) is -1.18. The lowest BCUT2D eigenvalue weighted by atomic mass is 9.83. The van der Waals surface area contributed by atoms with Crippen LogP contribution in [0.5, 0.6) is 0 Å². The van der Waals surface area contributed by atoms with Crippen molar-refractivity contribution in [3.05, 3.63) is 0 Å². The molecular formula is C35H62N6O8S. The van der Waals surface area contributed by atoms with Gasteiger partial charge in [0.25, 0.3) is 5.91 Å². The van der Waals surface area contributed by atoms with Crippen LogP contribution in [0.4, 0.5) is 0 Å². The van der Waals surface area contributed by atoms with Crippen LogP contribution in [-0.2, 0) is 34.0 Å². The second kappa shape index (κ2) is 18.5. The van der Waals surface area contributed by atoms with Gasteiger partial charge in [0, 0.05) is 25.2 Å². The molecule has 2 heterocycles. The largest absolute Gasteiger partial charge is 0.365 e. The smallest absolute Gasteiger partial charge is 0.289 e. The predicted molar refractivity (Wildman–Crippen MR) is 189 cm³/mol. The van der Waals surface area contributed by atoms with Crippen molar-refractivity contribution in [2.75, 3.05) is 26.5 Å². The summed E-state index contributed by atoms with van der Waals surface area (Å²) < 4.78 is 27.0. The highest BCUT2D eigenvalue weighted by Gasteiger charge is 2.45. The molecule has 0 aromatic heterocycles. The third-order valence-electron chi connectivity index (χ3n) is 11.1. The van der Waals surface area contributed by atoms with Crippen LogP contribution in [0.15, 0.2) is 0 Å². The Balaban J connectivity index is 1.55. The second-order valence-corrected chi connectivity index (χ2v) is 17.4. The number of hydrogen-bond donors (Lipinski definition) is 5. The van der Waals surface area contributed by atoms with Crippen molar-refractivity contribution in [1.29, 1.82) is 0 Å². The Kier molecular flexibility index (Phi) is 15.1. The van der Waals surface area contributed by atoms with Crippen molar-refractivity contribution in [2.45, 2.75) is 159 Å². The molecule has 2 saturated heterocycles. The van der Waals surface area contributed by atoms with Crippen molar-refractivity contribution < 1.29 is 37.5 Å². The SMILES string of the molecule is CON(C)S(=O)(=O)CC1(NC(O)N[C@H]2CCCCCCCCC[C@@H](C(=O)C(=O)NC3CC3)NC(=O)[C@@H]3C[C@@H](C(C)C)CN3C2=O)CCCCC1. The van der Waals surface area contributed by atoms with Crippen molar-refractivity contribution in [3.8, 4) is 0 Å². The van der Waals surface area contributed by atoms with Gasteiger partial charge in [0.05, 0.1) is 24.9 Å². The minimum absolute atomic E-state index is 0.0152. The first-order valence-electron chi connectivity index (χ1n) is 18.9. The highest BCUT2D eigenvalue weighted by atomic mass is 32.2. The normalized spacial score (nSPS) is 28.3. The van der Waals surface area contributed by atoms with E-state index in [-0.39, 0.29) is 29.5 Å². The molecule has 0 aromatic rings. The van der Waals surface area contributed by atoms with Gasteiger partial charge < -0.3 is 20.6 Å². The maximum Gasteiger partial charge on any atom is 0.289 e. The lowest BCUT2D eigenvalue weighted by Crippen LogP contribution is -2.63. The molecule has 2 saturated carbocycles. The highest BCUT2D eigenvalue weighted by molar-refractivity contribution is 7.89. The Morgan fingerprint density at radius 1 is 0.980 bits per heavy atom. The average Bonchev–Trinajstić information content (AvgIpc) is 3.77. The number of hydroxylamine groups is 1. The molecule has 14 nitrogen and oxygen atoms in total. The van der Waals surface area contributed by atoms with Gasteiger partial charge in [-0.25, -0.2) is 8.42 Å². The van der Waals surface area contributed by atoms with E-state index in [0.29, 0.717) is 45.1 Å². The van der Waals surface area contributed by atoms with E-state index in [2.05, 4.69) is 35.1 Å². The number of aliphatic hydroxyl groups is 1. The number of Topliss-reactive ketones (excluding diaryl/α,β-unsaturated/α-hetero) is 1. The van der Waals surface area contributed by atoms with Gasteiger partial charge in [-0.1, -0.05) is 82.5 Å². The molecule has 3 amide bonds. The molecule has 0 spiro atoms. The molecule has 5 N–H and O–H groups in total. The number of rotatable bonds is 12. The molecule has 5 atom stereocenters. The number of nitrogens with one attached hydrogen (secondary N) is 4. The van der Waals surface area contributed by atoms with E-state index in [4.69, 9.17) is 4.84 Å². The minimum Gasteiger partial charge on any atom is -0.365 e. The first-order valence-corrected chi connectivity index (χ1v) is 20.5. The first-order chi connectivity index (χ1) is 23.7. The summed E-state index contributed by atoms with van der Waals surface area (Å²) in [6.07, 6.45) is 11.2. The molecule has 4 aliphatic rings.